The SMILES string of the molecule is CC(=O)N(O)CCCCCNC(=O)CCC(=O)N(O)CCCCCNC(=O)/C=C/c1ccccc1. The van der Waals surface area contributed by atoms with Crippen LogP contribution in [-0.4, -0.2) is 70.3 Å². The Morgan fingerprint density at radius 3 is 2.03 bits per heavy atom. The van der Waals surface area contributed by atoms with Crippen LogP contribution in [0.2, 0.25) is 0 Å². The normalized spacial score (nSPS) is 10.7. The van der Waals surface area contributed by atoms with E-state index in [-0.39, 0.29) is 37.7 Å². The van der Waals surface area contributed by atoms with Gasteiger partial charge in [-0.15, -0.1) is 0 Å². The fraction of sp³-hybridized carbons (Fsp3) is 0.520. The molecule has 0 saturated carbocycles. The van der Waals surface area contributed by atoms with Crippen molar-refractivity contribution in [2.24, 2.45) is 0 Å². The van der Waals surface area contributed by atoms with Gasteiger partial charge in [0.05, 0.1) is 0 Å². The molecule has 0 aliphatic carbocycles. The maximum atomic E-state index is 12.0. The first-order valence-corrected chi connectivity index (χ1v) is 12.0. The zero-order chi connectivity index (χ0) is 25.9. The molecule has 0 aromatic heterocycles. The quantitative estimate of drug-likeness (QED) is 0.115. The molecule has 1 rings (SSSR count). The van der Waals surface area contributed by atoms with E-state index in [2.05, 4.69) is 10.6 Å². The molecule has 0 atom stereocenters. The minimum absolute atomic E-state index is 0.00677. The van der Waals surface area contributed by atoms with E-state index in [1.165, 1.54) is 13.0 Å². The summed E-state index contributed by atoms with van der Waals surface area (Å²) < 4.78 is 0. The molecule has 10 nitrogen and oxygen atoms in total. The number of nitrogens with zero attached hydrogens (tertiary/aromatic N) is 2. The number of unbranched alkanes of at least 4 members (excludes halogenated alkanes) is 4. The number of carbonyl (C=O) groups is 4. The average molecular weight is 491 g/mol. The van der Waals surface area contributed by atoms with Crippen LogP contribution < -0.4 is 10.6 Å². The Kier molecular flexibility index (Phi) is 15.4. The Morgan fingerprint density at radius 1 is 0.800 bits per heavy atom. The monoisotopic (exact) mass is 490 g/mol. The highest BCUT2D eigenvalue weighted by molar-refractivity contribution is 5.91. The van der Waals surface area contributed by atoms with Crippen LogP contribution >= 0.6 is 0 Å². The van der Waals surface area contributed by atoms with Gasteiger partial charge in [0.15, 0.2) is 0 Å². The number of hydrogen-bond donors (Lipinski definition) is 4. The molecular formula is C25H38N4O6. The zero-order valence-corrected chi connectivity index (χ0v) is 20.4. The van der Waals surface area contributed by atoms with Crippen molar-refractivity contribution in [2.75, 3.05) is 26.2 Å². The van der Waals surface area contributed by atoms with Crippen LogP contribution in [0, 0.1) is 0 Å². The number of nitrogens with one attached hydrogen (secondary N) is 2. The van der Waals surface area contributed by atoms with Gasteiger partial charge >= 0.3 is 0 Å². The van der Waals surface area contributed by atoms with Crippen molar-refractivity contribution in [3.05, 3.63) is 42.0 Å². The third kappa shape index (κ3) is 15.3. The number of hydrogen-bond acceptors (Lipinski definition) is 6. The van der Waals surface area contributed by atoms with E-state index in [1.54, 1.807) is 6.08 Å². The van der Waals surface area contributed by atoms with Gasteiger partial charge in [0.2, 0.25) is 23.6 Å². The number of rotatable bonds is 17. The fourth-order valence-electron chi connectivity index (χ4n) is 3.08. The Bertz CT molecular complexity index is 815. The Hall–Kier alpha value is -3.24. The van der Waals surface area contributed by atoms with E-state index < -0.39 is 11.8 Å². The van der Waals surface area contributed by atoms with Gasteiger partial charge in [0.1, 0.15) is 0 Å². The predicted octanol–water partition coefficient (Wildman–Crippen LogP) is 2.51. The van der Waals surface area contributed by atoms with E-state index in [4.69, 9.17) is 0 Å². The highest BCUT2D eigenvalue weighted by atomic mass is 16.5. The van der Waals surface area contributed by atoms with E-state index >= 15 is 0 Å². The van der Waals surface area contributed by atoms with Gasteiger partial charge < -0.3 is 10.6 Å². The van der Waals surface area contributed by atoms with Crippen LogP contribution in [0.1, 0.15) is 63.9 Å². The molecule has 1 aromatic carbocycles. The van der Waals surface area contributed by atoms with E-state index in [0.29, 0.717) is 42.5 Å². The van der Waals surface area contributed by atoms with Crippen LogP contribution in [0.15, 0.2) is 36.4 Å². The lowest BCUT2D eigenvalue weighted by molar-refractivity contribution is -0.166. The van der Waals surface area contributed by atoms with E-state index in [9.17, 15) is 29.6 Å². The first kappa shape index (κ1) is 29.8. The first-order chi connectivity index (χ1) is 16.8. The maximum absolute atomic E-state index is 12.0. The molecule has 0 radical (unpaired) electrons. The number of benzene rings is 1. The molecular weight excluding hydrogens is 452 g/mol. The predicted molar refractivity (Wildman–Crippen MR) is 131 cm³/mol. The molecule has 0 unspecified atom stereocenters. The summed E-state index contributed by atoms with van der Waals surface area (Å²) in [6, 6.07) is 9.53. The molecule has 194 valence electrons. The van der Waals surface area contributed by atoms with Gasteiger partial charge in [-0.3, -0.25) is 29.6 Å². The van der Waals surface area contributed by atoms with Gasteiger partial charge in [-0.25, -0.2) is 10.1 Å². The number of hydroxylamine groups is 4. The first-order valence-electron chi connectivity index (χ1n) is 12.0. The second-order valence-corrected chi connectivity index (χ2v) is 8.17. The lowest BCUT2D eigenvalue weighted by Crippen LogP contribution is -2.31. The molecule has 0 bridgehead atoms. The average Bonchev–Trinajstić information content (AvgIpc) is 2.85. The van der Waals surface area contributed by atoms with Crippen molar-refractivity contribution in [1.29, 1.82) is 0 Å². The lowest BCUT2D eigenvalue weighted by Gasteiger charge is -2.15. The summed E-state index contributed by atoms with van der Waals surface area (Å²) in [6.45, 7) is 2.66. The molecule has 0 saturated heterocycles. The third-order valence-corrected chi connectivity index (χ3v) is 5.16. The van der Waals surface area contributed by atoms with Crippen LogP contribution in [0.25, 0.3) is 6.08 Å². The Balaban J connectivity index is 2.01. The molecule has 4 N–H and O–H groups in total. The van der Waals surface area contributed by atoms with Crippen LogP contribution in [-0.2, 0) is 19.2 Å². The van der Waals surface area contributed by atoms with Crippen LogP contribution in [0.3, 0.4) is 0 Å². The molecule has 4 amide bonds. The lowest BCUT2D eigenvalue weighted by atomic mass is 10.2. The summed E-state index contributed by atoms with van der Waals surface area (Å²) in [5.74, 6) is -1.35. The second-order valence-electron chi connectivity index (χ2n) is 8.17. The van der Waals surface area contributed by atoms with Crippen molar-refractivity contribution in [2.45, 2.75) is 58.3 Å². The van der Waals surface area contributed by atoms with Crippen LogP contribution in [0.4, 0.5) is 0 Å². The maximum Gasteiger partial charge on any atom is 0.246 e. The summed E-state index contributed by atoms with van der Waals surface area (Å²) >= 11 is 0. The standard InChI is InChI=1S/C25H38N4O6/c1-21(30)28(34)19-9-3-7-18-27-24(32)15-16-25(33)29(35)20-10-4-8-17-26-23(31)14-13-22-11-5-2-6-12-22/h2,5-6,11-14,34-35H,3-4,7-10,15-20H2,1H3,(H,26,31)(H,27,32)/b14-13+. The summed E-state index contributed by atoms with van der Waals surface area (Å²) in [4.78, 5) is 46.4. The molecule has 1 aromatic rings. The fourth-order valence-corrected chi connectivity index (χ4v) is 3.08. The molecule has 10 heteroatoms. The van der Waals surface area contributed by atoms with Gasteiger partial charge in [0, 0.05) is 52.0 Å². The topological polar surface area (TPSA) is 139 Å². The molecule has 0 heterocycles. The Labute approximate surface area is 206 Å². The third-order valence-electron chi connectivity index (χ3n) is 5.16. The van der Waals surface area contributed by atoms with Crippen molar-refractivity contribution in [1.82, 2.24) is 20.8 Å². The highest BCUT2D eigenvalue weighted by Gasteiger charge is 2.12. The largest absolute Gasteiger partial charge is 0.356 e. The summed E-state index contributed by atoms with van der Waals surface area (Å²) in [5.41, 5.74) is 0.949. The van der Waals surface area contributed by atoms with Gasteiger partial charge in [-0.2, -0.15) is 0 Å². The second kappa shape index (κ2) is 18.1. The van der Waals surface area contributed by atoms with Crippen molar-refractivity contribution < 1.29 is 29.6 Å². The molecule has 0 aliphatic heterocycles. The van der Waals surface area contributed by atoms with Crippen molar-refractivity contribution in [3.63, 3.8) is 0 Å². The van der Waals surface area contributed by atoms with Crippen LogP contribution in [0.5, 0.6) is 0 Å². The molecule has 0 aliphatic rings. The highest BCUT2D eigenvalue weighted by Crippen LogP contribution is 2.03. The van der Waals surface area contributed by atoms with E-state index in [0.717, 1.165) is 24.8 Å². The number of amides is 4. The van der Waals surface area contributed by atoms with Crippen molar-refractivity contribution in [3.8, 4) is 0 Å². The smallest absolute Gasteiger partial charge is 0.246 e. The summed E-state index contributed by atoms with van der Waals surface area (Å²) in [5, 5.41) is 25.9. The Morgan fingerprint density at radius 2 is 1.40 bits per heavy atom. The van der Waals surface area contributed by atoms with Gasteiger partial charge in [-0.1, -0.05) is 30.3 Å². The summed E-state index contributed by atoms with van der Waals surface area (Å²) in [6.07, 6.45) is 7.24. The molecule has 0 fully saturated rings. The molecule has 35 heavy (non-hydrogen) atoms. The number of carbonyl (C=O) groups excluding carboxylic acids is 4. The van der Waals surface area contributed by atoms with Gasteiger partial charge in [0.25, 0.3) is 0 Å². The summed E-state index contributed by atoms with van der Waals surface area (Å²) in [7, 11) is 0. The molecule has 0 spiro atoms. The van der Waals surface area contributed by atoms with Crippen molar-refractivity contribution >= 4 is 29.7 Å². The van der Waals surface area contributed by atoms with E-state index in [1.807, 2.05) is 30.3 Å². The zero-order valence-electron chi connectivity index (χ0n) is 20.4. The minimum atomic E-state index is -0.508. The van der Waals surface area contributed by atoms with Gasteiger partial charge in [-0.05, 0) is 50.2 Å². The minimum Gasteiger partial charge on any atom is -0.356 e.